The number of likely N-dealkylation sites (tertiary alicyclic amines) is 1. The minimum Gasteiger partial charge on any atom is -0.454 e. The molecule has 2 saturated heterocycles. The van der Waals surface area contributed by atoms with Gasteiger partial charge in [0.1, 0.15) is 6.04 Å². The molecule has 4 atom stereocenters. The van der Waals surface area contributed by atoms with Gasteiger partial charge in [0.15, 0.2) is 17.3 Å². The van der Waals surface area contributed by atoms with Crippen LogP contribution in [0.3, 0.4) is 0 Å². The molecule has 2 aromatic carbocycles. The van der Waals surface area contributed by atoms with Crippen molar-refractivity contribution in [3.8, 4) is 11.5 Å². The van der Waals surface area contributed by atoms with Gasteiger partial charge in [-0.2, -0.15) is 0 Å². The van der Waals surface area contributed by atoms with Crippen molar-refractivity contribution in [2.75, 3.05) is 6.79 Å². The summed E-state index contributed by atoms with van der Waals surface area (Å²) in [7, 11) is 0. The van der Waals surface area contributed by atoms with Crippen LogP contribution >= 0.6 is 11.3 Å². The topological polar surface area (TPSA) is 76.1 Å². The van der Waals surface area contributed by atoms with Gasteiger partial charge in [-0.3, -0.25) is 19.3 Å². The second-order valence-electron chi connectivity index (χ2n) is 9.12. The molecule has 174 valence electrons. The molecule has 0 aliphatic carbocycles. The van der Waals surface area contributed by atoms with Gasteiger partial charge in [0.2, 0.25) is 18.6 Å². The maximum absolute atomic E-state index is 13.8. The normalized spacial score (nSPS) is 25.6. The number of carbonyl (C=O) groups is 3. The van der Waals surface area contributed by atoms with E-state index < -0.39 is 17.9 Å². The number of hydrogen-bond donors (Lipinski definition) is 0. The highest BCUT2D eigenvalue weighted by Gasteiger charge is 2.64. The Morgan fingerprint density at radius 3 is 2.66 bits per heavy atom. The van der Waals surface area contributed by atoms with Gasteiger partial charge in [0.05, 0.1) is 29.3 Å². The van der Waals surface area contributed by atoms with Gasteiger partial charge in [-0.15, -0.1) is 11.3 Å². The molecule has 0 N–H and O–H groups in total. The molecule has 0 bridgehead atoms. The second kappa shape index (κ2) is 7.55. The lowest BCUT2D eigenvalue weighted by Gasteiger charge is -2.35. The molecule has 0 spiro atoms. The van der Waals surface area contributed by atoms with Crippen LogP contribution in [0.4, 0.5) is 0 Å². The van der Waals surface area contributed by atoms with Gasteiger partial charge < -0.3 is 14.4 Å². The quantitative estimate of drug-likeness (QED) is 0.413. The summed E-state index contributed by atoms with van der Waals surface area (Å²) in [6.45, 7) is 0.285. The molecule has 3 aromatic rings. The summed E-state index contributed by atoms with van der Waals surface area (Å²) in [6.07, 6.45) is 3.84. The molecule has 35 heavy (non-hydrogen) atoms. The molecule has 0 radical (unpaired) electrons. The first-order valence-electron chi connectivity index (χ1n) is 11.5. The predicted octanol–water partition coefficient (Wildman–Crippen LogP) is 3.87. The third-order valence-electron chi connectivity index (χ3n) is 7.36. The number of imide groups is 1. The van der Waals surface area contributed by atoms with E-state index in [0.29, 0.717) is 16.4 Å². The summed E-state index contributed by atoms with van der Waals surface area (Å²) in [5, 5.41) is 1.85. The molecule has 2 amide bonds. The van der Waals surface area contributed by atoms with Crippen molar-refractivity contribution in [2.45, 2.75) is 18.6 Å². The van der Waals surface area contributed by atoms with Crippen molar-refractivity contribution in [3.63, 3.8) is 0 Å². The van der Waals surface area contributed by atoms with E-state index in [1.54, 1.807) is 18.2 Å². The Kier molecular flexibility index (Phi) is 4.41. The number of nitrogens with zero attached hydrogens (tertiary/aromatic N) is 2. The SMILES string of the molecule is O=C(c1cccs1)[C@@H]1[C@@H]2C(=O)N(Cc3ccc4c(c3)OCO4)C(=O)[C@H]2[C@H]2c3ccccc3C=CN12. The molecule has 0 saturated carbocycles. The van der Waals surface area contributed by atoms with Crippen molar-refractivity contribution >= 4 is 35.0 Å². The zero-order valence-electron chi connectivity index (χ0n) is 18.5. The van der Waals surface area contributed by atoms with E-state index in [1.807, 2.05) is 59.0 Å². The molecule has 8 heteroatoms. The highest BCUT2D eigenvalue weighted by molar-refractivity contribution is 7.12. The third kappa shape index (κ3) is 2.93. The first-order chi connectivity index (χ1) is 17.1. The molecule has 4 aliphatic rings. The first kappa shape index (κ1) is 20.5. The van der Waals surface area contributed by atoms with Crippen LogP contribution in [0.1, 0.15) is 32.4 Å². The Morgan fingerprint density at radius 2 is 1.80 bits per heavy atom. The van der Waals surface area contributed by atoms with E-state index in [0.717, 1.165) is 16.7 Å². The van der Waals surface area contributed by atoms with Gasteiger partial charge >= 0.3 is 0 Å². The van der Waals surface area contributed by atoms with Gasteiger partial charge in [0.25, 0.3) is 0 Å². The number of rotatable bonds is 4. The second-order valence-corrected chi connectivity index (χ2v) is 10.1. The predicted molar refractivity (Wildman–Crippen MR) is 128 cm³/mol. The molecule has 4 aliphatic heterocycles. The standard InChI is InChI=1S/C27H20N2O5S/c30-25(20-6-3-11-35-20)24-22-21(23-17-5-2-1-4-16(17)9-10-28(23)24)26(31)29(27(22)32)13-15-7-8-18-19(12-15)34-14-33-18/h1-12,21-24H,13-14H2/t21-,22-,23-,24+/m1/s1. The number of Topliss-reactive ketones (excluding diaryl/α,β-unsaturated/α-hetero) is 1. The smallest absolute Gasteiger partial charge is 0.236 e. The number of thiophene rings is 1. The number of carbonyl (C=O) groups excluding carboxylic acids is 3. The Balaban J connectivity index is 1.30. The highest BCUT2D eigenvalue weighted by atomic mass is 32.1. The molecular weight excluding hydrogens is 464 g/mol. The Hall–Kier alpha value is -3.91. The van der Waals surface area contributed by atoms with Crippen LogP contribution in [-0.2, 0) is 16.1 Å². The Morgan fingerprint density at radius 1 is 0.971 bits per heavy atom. The summed E-state index contributed by atoms with van der Waals surface area (Å²) in [6, 6.07) is 15.8. The zero-order valence-corrected chi connectivity index (χ0v) is 19.3. The van der Waals surface area contributed by atoms with Crippen molar-refractivity contribution in [1.82, 2.24) is 9.80 Å². The van der Waals surface area contributed by atoms with Crippen molar-refractivity contribution in [2.24, 2.45) is 11.8 Å². The number of ketones is 1. The van der Waals surface area contributed by atoms with E-state index in [9.17, 15) is 14.4 Å². The zero-order chi connectivity index (χ0) is 23.7. The van der Waals surface area contributed by atoms with Crippen molar-refractivity contribution in [1.29, 1.82) is 0 Å². The van der Waals surface area contributed by atoms with Gasteiger partial charge in [-0.1, -0.05) is 36.4 Å². The van der Waals surface area contributed by atoms with E-state index in [-0.39, 0.29) is 37.0 Å². The van der Waals surface area contributed by atoms with Crippen molar-refractivity contribution in [3.05, 3.63) is 87.7 Å². The molecule has 1 aromatic heterocycles. The number of benzene rings is 2. The number of ether oxygens (including phenoxy) is 2. The lowest BCUT2D eigenvalue weighted by Crippen LogP contribution is -2.43. The first-order valence-corrected chi connectivity index (χ1v) is 12.4. The maximum Gasteiger partial charge on any atom is 0.236 e. The van der Waals surface area contributed by atoms with E-state index in [2.05, 4.69) is 0 Å². The monoisotopic (exact) mass is 484 g/mol. The van der Waals surface area contributed by atoms with Gasteiger partial charge in [-0.25, -0.2) is 0 Å². The fourth-order valence-electron chi connectivity index (χ4n) is 5.86. The van der Waals surface area contributed by atoms with Crippen LogP contribution in [0, 0.1) is 11.8 Å². The van der Waals surface area contributed by atoms with Crippen molar-refractivity contribution < 1.29 is 23.9 Å². The Labute approximate surface area is 205 Å². The molecular formula is C27H20N2O5S. The Bertz CT molecular complexity index is 1410. The highest BCUT2D eigenvalue weighted by Crippen LogP contribution is 2.53. The maximum atomic E-state index is 13.8. The van der Waals surface area contributed by atoms with Crippen LogP contribution in [0.25, 0.3) is 6.08 Å². The van der Waals surface area contributed by atoms with Crippen LogP contribution in [0.15, 0.2) is 66.2 Å². The fraction of sp³-hybridized carbons (Fsp3) is 0.222. The summed E-state index contributed by atoms with van der Waals surface area (Å²) < 4.78 is 10.8. The fourth-order valence-corrected chi connectivity index (χ4v) is 6.56. The van der Waals surface area contributed by atoms with Crippen LogP contribution in [0.2, 0.25) is 0 Å². The minimum atomic E-state index is -0.744. The summed E-state index contributed by atoms with van der Waals surface area (Å²) in [4.78, 5) is 45.2. The molecule has 0 unspecified atom stereocenters. The largest absolute Gasteiger partial charge is 0.454 e. The van der Waals surface area contributed by atoms with E-state index in [1.165, 1.54) is 16.2 Å². The summed E-state index contributed by atoms with van der Waals surface area (Å²) in [5.41, 5.74) is 2.75. The van der Waals surface area contributed by atoms with E-state index >= 15 is 0 Å². The van der Waals surface area contributed by atoms with Crippen LogP contribution in [-0.4, -0.2) is 40.2 Å². The molecule has 2 fully saturated rings. The average Bonchev–Trinajstić information content (AvgIpc) is 3.66. The van der Waals surface area contributed by atoms with Crippen LogP contribution in [0.5, 0.6) is 11.5 Å². The molecule has 5 heterocycles. The third-order valence-corrected chi connectivity index (χ3v) is 8.25. The lowest BCUT2D eigenvalue weighted by molar-refractivity contribution is -0.142. The van der Waals surface area contributed by atoms with Gasteiger partial charge in [-0.05, 0) is 46.3 Å². The minimum absolute atomic E-state index is 0.118. The molecule has 7 nitrogen and oxygen atoms in total. The summed E-state index contributed by atoms with van der Waals surface area (Å²) >= 11 is 1.36. The summed E-state index contributed by atoms with van der Waals surface area (Å²) in [5.74, 6) is -0.777. The number of fused-ring (bicyclic) bond motifs is 6. The van der Waals surface area contributed by atoms with Crippen LogP contribution < -0.4 is 9.47 Å². The van der Waals surface area contributed by atoms with Gasteiger partial charge in [0, 0.05) is 6.20 Å². The average molecular weight is 485 g/mol. The number of hydrogen-bond acceptors (Lipinski definition) is 7. The lowest BCUT2D eigenvalue weighted by atomic mass is 9.84. The number of amides is 2. The molecule has 7 rings (SSSR count). The van der Waals surface area contributed by atoms with E-state index in [4.69, 9.17) is 9.47 Å².